The standard InChI is InChI=1S/C16H16F3NO2/c1-22-13-4-2-10(3-5-13)9-20-14-7-11(15(20)21)6-12(14)8-16(17,18)19/h2-5,8,11,14H,6-7,9H2,1H3/b12-8+/t11-,14-/m0/s1. The molecule has 2 fully saturated rings. The third-order valence-corrected chi connectivity index (χ3v) is 4.29. The van der Waals surface area contributed by atoms with Crippen LogP contribution in [0.4, 0.5) is 13.2 Å². The van der Waals surface area contributed by atoms with Gasteiger partial charge in [-0.1, -0.05) is 12.1 Å². The van der Waals surface area contributed by atoms with Crippen molar-refractivity contribution >= 4 is 5.91 Å². The minimum Gasteiger partial charge on any atom is -0.497 e. The second-order valence-corrected chi connectivity index (χ2v) is 5.73. The third-order valence-electron chi connectivity index (χ3n) is 4.29. The van der Waals surface area contributed by atoms with Gasteiger partial charge in [0.25, 0.3) is 0 Å². The molecule has 1 saturated heterocycles. The number of likely N-dealkylation sites (tertiary alicyclic amines) is 1. The van der Waals surface area contributed by atoms with Crippen molar-refractivity contribution in [2.75, 3.05) is 7.11 Å². The summed E-state index contributed by atoms with van der Waals surface area (Å²) in [7, 11) is 1.56. The maximum absolute atomic E-state index is 12.6. The van der Waals surface area contributed by atoms with Crippen LogP contribution in [0.25, 0.3) is 0 Å². The molecule has 1 heterocycles. The van der Waals surface area contributed by atoms with Gasteiger partial charge in [0, 0.05) is 18.5 Å². The van der Waals surface area contributed by atoms with E-state index in [0.717, 1.165) is 5.56 Å². The van der Waals surface area contributed by atoms with Crippen LogP contribution in [0.5, 0.6) is 5.75 Å². The summed E-state index contributed by atoms with van der Waals surface area (Å²) in [6.45, 7) is 0.333. The molecule has 0 radical (unpaired) electrons. The Labute approximate surface area is 126 Å². The lowest BCUT2D eigenvalue weighted by Gasteiger charge is -2.29. The van der Waals surface area contributed by atoms with E-state index in [1.54, 1.807) is 24.1 Å². The molecule has 1 amide bonds. The molecule has 118 valence electrons. The van der Waals surface area contributed by atoms with Gasteiger partial charge in [0.15, 0.2) is 0 Å². The number of carbonyl (C=O) groups is 1. The summed E-state index contributed by atoms with van der Waals surface area (Å²) >= 11 is 0. The Morgan fingerprint density at radius 3 is 2.55 bits per heavy atom. The van der Waals surface area contributed by atoms with Crippen molar-refractivity contribution < 1.29 is 22.7 Å². The molecule has 6 heteroatoms. The normalized spacial score (nSPS) is 26.1. The van der Waals surface area contributed by atoms with Crippen molar-refractivity contribution in [3.63, 3.8) is 0 Å². The van der Waals surface area contributed by atoms with Crippen LogP contribution in [-0.4, -0.2) is 30.1 Å². The second kappa shape index (κ2) is 5.34. The number of alkyl halides is 3. The van der Waals surface area contributed by atoms with E-state index in [0.29, 0.717) is 30.4 Å². The summed E-state index contributed by atoms with van der Waals surface area (Å²) in [5.74, 6) is 0.368. The van der Waals surface area contributed by atoms with E-state index in [1.165, 1.54) is 0 Å². The highest BCUT2D eigenvalue weighted by molar-refractivity contribution is 5.84. The molecule has 2 bridgehead atoms. The number of hydrogen-bond acceptors (Lipinski definition) is 2. The van der Waals surface area contributed by atoms with Gasteiger partial charge >= 0.3 is 6.18 Å². The number of amides is 1. The van der Waals surface area contributed by atoms with Crippen LogP contribution in [0.2, 0.25) is 0 Å². The maximum Gasteiger partial charge on any atom is 0.409 e. The molecule has 1 aromatic carbocycles. The minimum atomic E-state index is -4.32. The van der Waals surface area contributed by atoms with Gasteiger partial charge in [0.1, 0.15) is 5.75 Å². The number of nitrogens with zero attached hydrogens (tertiary/aromatic N) is 1. The fourth-order valence-electron chi connectivity index (χ4n) is 3.31. The maximum atomic E-state index is 12.6. The monoisotopic (exact) mass is 311 g/mol. The van der Waals surface area contributed by atoms with Crippen molar-refractivity contribution in [1.82, 2.24) is 4.90 Å². The molecule has 0 spiro atoms. The molecular formula is C16H16F3NO2. The van der Waals surface area contributed by atoms with Crippen molar-refractivity contribution in [2.45, 2.75) is 31.6 Å². The zero-order chi connectivity index (χ0) is 15.9. The van der Waals surface area contributed by atoms with E-state index in [1.807, 2.05) is 12.1 Å². The molecule has 22 heavy (non-hydrogen) atoms. The summed E-state index contributed by atoms with van der Waals surface area (Å²) < 4.78 is 42.8. The average molecular weight is 311 g/mol. The summed E-state index contributed by atoms with van der Waals surface area (Å²) in [5, 5.41) is 0. The van der Waals surface area contributed by atoms with Gasteiger partial charge in [0.05, 0.1) is 13.2 Å². The summed E-state index contributed by atoms with van der Waals surface area (Å²) in [4.78, 5) is 13.8. The molecule has 3 nitrogen and oxygen atoms in total. The average Bonchev–Trinajstić information content (AvgIpc) is 2.97. The Balaban J connectivity index is 1.78. The molecule has 2 atom stereocenters. The SMILES string of the molecule is COc1ccc(CN2C(=O)[C@H]3C/C(=C\C(F)(F)F)[C@@H]2C3)cc1. The van der Waals surface area contributed by atoms with Gasteiger partial charge in [-0.3, -0.25) is 4.79 Å². The van der Waals surface area contributed by atoms with E-state index < -0.39 is 12.2 Å². The first kappa shape index (κ1) is 14.9. The van der Waals surface area contributed by atoms with Crippen LogP contribution >= 0.6 is 0 Å². The number of allylic oxidation sites excluding steroid dienone is 1. The number of piperidine rings is 1. The molecule has 1 aliphatic carbocycles. The topological polar surface area (TPSA) is 29.5 Å². The molecule has 0 unspecified atom stereocenters. The Morgan fingerprint density at radius 1 is 1.32 bits per heavy atom. The van der Waals surface area contributed by atoms with Crippen LogP contribution in [0.1, 0.15) is 18.4 Å². The highest BCUT2D eigenvalue weighted by Gasteiger charge is 2.48. The van der Waals surface area contributed by atoms with E-state index >= 15 is 0 Å². The highest BCUT2D eigenvalue weighted by Crippen LogP contribution is 2.44. The van der Waals surface area contributed by atoms with Gasteiger partial charge in [-0.25, -0.2) is 0 Å². The van der Waals surface area contributed by atoms with Crippen LogP contribution in [0.15, 0.2) is 35.9 Å². The van der Waals surface area contributed by atoms with Crippen LogP contribution < -0.4 is 4.74 Å². The van der Waals surface area contributed by atoms with E-state index in [-0.39, 0.29) is 18.2 Å². The number of methoxy groups -OCH3 is 1. The van der Waals surface area contributed by atoms with Gasteiger partial charge < -0.3 is 9.64 Å². The Hall–Kier alpha value is -1.98. The smallest absolute Gasteiger partial charge is 0.409 e. The molecule has 1 aliphatic heterocycles. The van der Waals surface area contributed by atoms with E-state index in [4.69, 9.17) is 4.74 Å². The lowest BCUT2D eigenvalue weighted by Crippen LogP contribution is -2.38. The zero-order valence-corrected chi connectivity index (χ0v) is 12.1. The first-order chi connectivity index (χ1) is 10.4. The molecule has 1 saturated carbocycles. The molecule has 1 aromatic rings. The first-order valence-electron chi connectivity index (χ1n) is 7.09. The highest BCUT2D eigenvalue weighted by atomic mass is 19.4. The Morgan fingerprint density at radius 2 is 2.00 bits per heavy atom. The lowest BCUT2D eigenvalue weighted by molar-refractivity contribution is -0.133. The number of fused-ring (bicyclic) bond motifs is 2. The number of halogens is 3. The molecule has 0 aromatic heterocycles. The van der Waals surface area contributed by atoms with Crippen LogP contribution in [-0.2, 0) is 11.3 Å². The number of carbonyl (C=O) groups excluding carboxylic acids is 1. The second-order valence-electron chi connectivity index (χ2n) is 5.73. The number of hydrogen-bond donors (Lipinski definition) is 0. The van der Waals surface area contributed by atoms with Gasteiger partial charge in [0.2, 0.25) is 5.91 Å². The molecule has 0 N–H and O–H groups in total. The largest absolute Gasteiger partial charge is 0.497 e. The molecule has 2 aliphatic rings. The van der Waals surface area contributed by atoms with Crippen molar-refractivity contribution in [3.05, 3.63) is 41.5 Å². The van der Waals surface area contributed by atoms with Gasteiger partial charge in [-0.05, 0) is 36.1 Å². The first-order valence-corrected chi connectivity index (χ1v) is 7.09. The number of rotatable bonds is 3. The lowest BCUT2D eigenvalue weighted by atomic mass is 10.0. The van der Waals surface area contributed by atoms with Crippen LogP contribution in [0, 0.1) is 5.92 Å². The predicted molar refractivity (Wildman–Crippen MR) is 74.2 cm³/mol. The van der Waals surface area contributed by atoms with Crippen molar-refractivity contribution in [1.29, 1.82) is 0 Å². The predicted octanol–water partition coefficient (Wildman–Crippen LogP) is 3.30. The van der Waals surface area contributed by atoms with E-state index in [9.17, 15) is 18.0 Å². The number of ether oxygens (including phenoxy) is 1. The van der Waals surface area contributed by atoms with Gasteiger partial charge in [-0.15, -0.1) is 0 Å². The summed E-state index contributed by atoms with van der Waals surface area (Å²) in [5.41, 5.74) is 1.21. The Bertz CT molecular complexity index is 607. The fourth-order valence-corrected chi connectivity index (χ4v) is 3.31. The quantitative estimate of drug-likeness (QED) is 0.802. The number of benzene rings is 1. The van der Waals surface area contributed by atoms with Crippen molar-refractivity contribution in [3.8, 4) is 5.75 Å². The summed E-state index contributed by atoms with van der Waals surface area (Å²) in [6, 6.07) is 6.79. The summed E-state index contributed by atoms with van der Waals surface area (Å²) in [6.07, 6.45) is -3.22. The minimum absolute atomic E-state index is 0.0415. The molecule has 3 rings (SSSR count). The van der Waals surface area contributed by atoms with Crippen LogP contribution in [0.3, 0.4) is 0 Å². The van der Waals surface area contributed by atoms with Gasteiger partial charge in [-0.2, -0.15) is 13.2 Å². The third kappa shape index (κ3) is 2.82. The fraction of sp³-hybridized carbons (Fsp3) is 0.438. The Kier molecular flexibility index (Phi) is 3.62. The van der Waals surface area contributed by atoms with E-state index in [2.05, 4.69) is 0 Å². The van der Waals surface area contributed by atoms with Crippen molar-refractivity contribution in [2.24, 2.45) is 5.92 Å². The zero-order valence-electron chi connectivity index (χ0n) is 12.1. The molecular weight excluding hydrogens is 295 g/mol.